The van der Waals surface area contributed by atoms with E-state index in [-0.39, 0.29) is 5.91 Å². The summed E-state index contributed by atoms with van der Waals surface area (Å²) in [5.74, 6) is 0.867. The molecule has 1 amide bonds. The fourth-order valence-corrected chi connectivity index (χ4v) is 4.17. The van der Waals surface area contributed by atoms with Gasteiger partial charge in [-0.3, -0.25) is 4.79 Å². The summed E-state index contributed by atoms with van der Waals surface area (Å²) in [5, 5.41) is 3.42. The van der Waals surface area contributed by atoms with Crippen molar-refractivity contribution >= 4 is 44.5 Å². The first-order valence-electron chi connectivity index (χ1n) is 9.83. The van der Waals surface area contributed by atoms with Crippen LogP contribution in [0.4, 0.5) is 0 Å². The maximum absolute atomic E-state index is 12.3. The van der Waals surface area contributed by atoms with E-state index in [1.807, 2.05) is 42.5 Å². The van der Waals surface area contributed by atoms with Crippen molar-refractivity contribution in [1.82, 2.24) is 14.9 Å². The van der Waals surface area contributed by atoms with E-state index >= 15 is 0 Å². The summed E-state index contributed by atoms with van der Waals surface area (Å²) < 4.78 is 3.32. The predicted molar refractivity (Wildman–Crippen MR) is 125 cm³/mol. The minimum atomic E-state index is -0.150. The van der Waals surface area contributed by atoms with Gasteiger partial charge in [0.1, 0.15) is 5.82 Å². The van der Waals surface area contributed by atoms with Crippen molar-refractivity contribution in [3.63, 3.8) is 0 Å². The number of hydrogen-bond donors (Lipinski definition) is 1. The predicted octanol–water partition coefficient (Wildman–Crippen LogP) is 5.86. The van der Waals surface area contributed by atoms with E-state index in [1.54, 1.807) is 12.1 Å². The summed E-state index contributed by atoms with van der Waals surface area (Å²) in [7, 11) is 0. The van der Waals surface area contributed by atoms with Gasteiger partial charge in [0, 0.05) is 24.0 Å². The van der Waals surface area contributed by atoms with Gasteiger partial charge in [0.15, 0.2) is 0 Å². The molecule has 4 rings (SSSR count). The van der Waals surface area contributed by atoms with Crippen molar-refractivity contribution in [2.45, 2.75) is 19.4 Å². The Morgan fingerprint density at radius 2 is 1.83 bits per heavy atom. The van der Waals surface area contributed by atoms with E-state index in [0.29, 0.717) is 17.1 Å². The number of halogens is 2. The van der Waals surface area contributed by atoms with E-state index in [9.17, 15) is 4.79 Å². The molecule has 0 saturated carbocycles. The summed E-state index contributed by atoms with van der Waals surface area (Å²) in [6, 6.07) is 23.6. The van der Waals surface area contributed by atoms with Crippen LogP contribution in [0, 0.1) is 0 Å². The van der Waals surface area contributed by atoms with Gasteiger partial charge in [-0.15, -0.1) is 0 Å². The summed E-state index contributed by atoms with van der Waals surface area (Å²) >= 11 is 9.65. The van der Waals surface area contributed by atoms with E-state index in [0.717, 1.165) is 40.7 Å². The zero-order valence-electron chi connectivity index (χ0n) is 16.3. The van der Waals surface area contributed by atoms with Crippen LogP contribution < -0.4 is 5.32 Å². The van der Waals surface area contributed by atoms with E-state index in [2.05, 4.69) is 44.0 Å². The fourth-order valence-electron chi connectivity index (χ4n) is 3.50. The Kier molecular flexibility index (Phi) is 6.50. The van der Waals surface area contributed by atoms with Crippen LogP contribution in [0.15, 0.2) is 77.3 Å². The third kappa shape index (κ3) is 4.74. The average Bonchev–Trinajstić information content (AvgIpc) is 3.09. The molecule has 0 aliphatic carbocycles. The monoisotopic (exact) mass is 481 g/mol. The van der Waals surface area contributed by atoms with E-state index in [1.165, 1.54) is 5.56 Å². The highest BCUT2D eigenvalue weighted by atomic mass is 79.9. The molecular weight excluding hydrogens is 462 g/mol. The van der Waals surface area contributed by atoms with Gasteiger partial charge in [-0.2, -0.15) is 0 Å². The third-order valence-corrected chi connectivity index (χ3v) is 5.77. The van der Waals surface area contributed by atoms with Crippen LogP contribution in [-0.2, 0) is 13.0 Å². The van der Waals surface area contributed by atoms with Gasteiger partial charge in [-0.25, -0.2) is 4.98 Å². The molecule has 0 atom stereocenters. The largest absolute Gasteiger partial charge is 0.352 e. The lowest BCUT2D eigenvalue weighted by molar-refractivity contribution is 0.0953. The molecule has 0 aliphatic heterocycles. The van der Waals surface area contributed by atoms with Crippen LogP contribution in [0.5, 0.6) is 0 Å². The second-order valence-corrected chi connectivity index (χ2v) is 8.39. The highest BCUT2D eigenvalue weighted by Crippen LogP contribution is 2.21. The fraction of sp³-hybridized carbons (Fsp3) is 0.167. The molecule has 152 valence electrons. The first-order chi connectivity index (χ1) is 14.6. The Hall–Kier alpha value is -2.63. The van der Waals surface area contributed by atoms with Crippen molar-refractivity contribution in [2.75, 3.05) is 6.54 Å². The molecule has 0 radical (unpaired) electrons. The SMILES string of the molecule is O=C(NCCCc1nc2ccccc2n1Cc1cccc(Br)c1)c1ccccc1Cl. The number of benzene rings is 3. The second kappa shape index (κ2) is 9.45. The number of imidazole rings is 1. The van der Waals surface area contributed by atoms with Crippen LogP contribution >= 0.6 is 27.5 Å². The van der Waals surface area contributed by atoms with Crippen LogP contribution in [0.3, 0.4) is 0 Å². The van der Waals surface area contributed by atoms with Gasteiger partial charge in [0.05, 0.1) is 21.6 Å². The topological polar surface area (TPSA) is 46.9 Å². The Morgan fingerprint density at radius 3 is 2.67 bits per heavy atom. The molecule has 30 heavy (non-hydrogen) atoms. The minimum Gasteiger partial charge on any atom is -0.352 e. The van der Waals surface area contributed by atoms with Gasteiger partial charge >= 0.3 is 0 Å². The highest BCUT2D eigenvalue weighted by Gasteiger charge is 2.12. The number of nitrogens with one attached hydrogen (secondary N) is 1. The van der Waals surface area contributed by atoms with Crippen molar-refractivity contribution in [3.8, 4) is 0 Å². The van der Waals surface area contributed by atoms with Crippen LogP contribution in [-0.4, -0.2) is 22.0 Å². The number of nitrogens with zero attached hydrogens (tertiary/aromatic N) is 2. The lowest BCUT2D eigenvalue weighted by atomic mass is 10.2. The Labute approximate surface area is 189 Å². The molecule has 1 heterocycles. The zero-order chi connectivity index (χ0) is 20.9. The van der Waals surface area contributed by atoms with Crippen LogP contribution in [0.25, 0.3) is 11.0 Å². The van der Waals surface area contributed by atoms with E-state index in [4.69, 9.17) is 16.6 Å². The molecule has 1 aromatic heterocycles. The molecule has 3 aromatic carbocycles. The number of para-hydroxylation sites is 2. The molecule has 6 heteroatoms. The van der Waals surface area contributed by atoms with Gasteiger partial charge in [0.25, 0.3) is 5.91 Å². The van der Waals surface area contributed by atoms with Crippen molar-refractivity contribution in [2.24, 2.45) is 0 Å². The van der Waals surface area contributed by atoms with Crippen molar-refractivity contribution in [1.29, 1.82) is 0 Å². The van der Waals surface area contributed by atoms with E-state index < -0.39 is 0 Å². The number of hydrogen-bond acceptors (Lipinski definition) is 2. The van der Waals surface area contributed by atoms with Gasteiger partial charge < -0.3 is 9.88 Å². The summed E-state index contributed by atoms with van der Waals surface area (Å²) in [6.45, 7) is 1.31. The Balaban J connectivity index is 1.46. The molecule has 4 aromatic rings. The lowest BCUT2D eigenvalue weighted by Crippen LogP contribution is -2.25. The first-order valence-corrected chi connectivity index (χ1v) is 11.0. The first kappa shape index (κ1) is 20.6. The minimum absolute atomic E-state index is 0.150. The number of amides is 1. The molecule has 0 saturated heterocycles. The normalized spacial score (nSPS) is 11.0. The van der Waals surface area contributed by atoms with Crippen molar-refractivity contribution in [3.05, 3.63) is 99.2 Å². The summed E-state index contributed by atoms with van der Waals surface area (Å²) in [6.07, 6.45) is 1.56. The molecular formula is C24H21BrClN3O. The molecule has 1 N–H and O–H groups in total. The number of carbonyl (C=O) groups excluding carboxylic acids is 1. The Morgan fingerprint density at radius 1 is 1.03 bits per heavy atom. The summed E-state index contributed by atoms with van der Waals surface area (Å²) in [5.41, 5.74) is 3.82. The molecule has 4 nitrogen and oxygen atoms in total. The molecule has 0 aliphatic rings. The van der Waals surface area contributed by atoms with Gasteiger partial charge in [-0.1, -0.05) is 63.9 Å². The number of fused-ring (bicyclic) bond motifs is 1. The molecule has 0 fully saturated rings. The van der Waals surface area contributed by atoms with Crippen LogP contribution in [0.1, 0.15) is 28.2 Å². The number of aromatic nitrogens is 2. The number of rotatable bonds is 7. The maximum atomic E-state index is 12.3. The number of carbonyl (C=O) groups is 1. The zero-order valence-corrected chi connectivity index (χ0v) is 18.7. The quantitative estimate of drug-likeness (QED) is 0.335. The summed E-state index contributed by atoms with van der Waals surface area (Å²) in [4.78, 5) is 17.2. The maximum Gasteiger partial charge on any atom is 0.252 e. The average molecular weight is 483 g/mol. The number of aryl methyl sites for hydroxylation is 1. The van der Waals surface area contributed by atoms with Gasteiger partial charge in [-0.05, 0) is 48.4 Å². The van der Waals surface area contributed by atoms with Crippen molar-refractivity contribution < 1.29 is 4.79 Å². The smallest absolute Gasteiger partial charge is 0.252 e. The highest BCUT2D eigenvalue weighted by molar-refractivity contribution is 9.10. The third-order valence-electron chi connectivity index (χ3n) is 4.94. The molecule has 0 unspecified atom stereocenters. The Bertz CT molecular complexity index is 1190. The molecule has 0 bridgehead atoms. The lowest BCUT2D eigenvalue weighted by Gasteiger charge is -2.11. The molecule has 0 spiro atoms. The van der Waals surface area contributed by atoms with Gasteiger partial charge in [0.2, 0.25) is 0 Å². The van der Waals surface area contributed by atoms with Crippen LogP contribution in [0.2, 0.25) is 5.02 Å². The standard InChI is InChI=1S/C24H21BrClN3O/c25-18-8-5-7-17(15-18)16-29-22-12-4-3-11-21(22)28-23(29)13-6-14-27-24(30)19-9-1-2-10-20(19)26/h1-5,7-12,15H,6,13-14,16H2,(H,27,30). The second-order valence-electron chi connectivity index (χ2n) is 7.07.